The molecular formula is C16H22FN3O. The smallest absolute Gasteiger partial charge is 0.239 e. The van der Waals surface area contributed by atoms with E-state index in [0.29, 0.717) is 18.3 Å². The first kappa shape index (κ1) is 14.3. The Kier molecular flexibility index (Phi) is 3.61. The van der Waals surface area contributed by atoms with E-state index in [1.54, 1.807) is 23.1 Å². The van der Waals surface area contributed by atoms with Gasteiger partial charge in [0.15, 0.2) is 0 Å². The van der Waals surface area contributed by atoms with Gasteiger partial charge in [-0.3, -0.25) is 10.1 Å². The average Bonchev–Trinajstić information content (AvgIpc) is 3.31. The molecule has 5 heteroatoms. The van der Waals surface area contributed by atoms with Gasteiger partial charge in [0.2, 0.25) is 5.91 Å². The molecule has 1 amide bonds. The number of carbonyl (C=O) groups excluding carboxylic acids is 1. The first-order valence-corrected chi connectivity index (χ1v) is 7.56. The van der Waals surface area contributed by atoms with Gasteiger partial charge in [-0.25, -0.2) is 4.39 Å². The summed E-state index contributed by atoms with van der Waals surface area (Å²) in [5.74, 6) is -0.328. The lowest BCUT2D eigenvalue weighted by molar-refractivity contribution is -0.125. The Balaban J connectivity index is 1.83. The molecule has 2 aliphatic carbocycles. The monoisotopic (exact) mass is 291 g/mol. The Bertz CT molecular complexity index is 542. The van der Waals surface area contributed by atoms with Gasteiger partial charge in [0, 0.05) is 19.6 Å². The first-order chi connectivity index (χ1) is 10.0. The van der Waals surface area contributed by atoms with Crippen molar-refractivity contribution in [2.45, 2.75) is 37.3 Å². The SMILES string of the molecule is CN(CC(NC1CC1)(C(N)=O)C1CC1)c1ccccc1F. The van der Waals surface area contributed by atoms with Crippen LogP contribution in [-0.2, 0) is 4.79 Å². The maximum atomic E-state index is 13.9. The van der Waals surface area contributed by atoms with Crippen LogP contribution >= 0.6 is 0 Å². The number of anilines is 1. The molecule has 114 valence electrons. The number of carbonyl (C=O) groups is 1. The van der Waals surface area contributed by atoms with Crippen LogP contribution in [0.5, 0.6) is 0 Å². The Morgan fingerprint density at radius 3 is 2.57 bits per heavy atom. The van der Waals surface area contributed by atoms with Gasteiger partial charge < -0.3 is 10.6 Å². The number of benzene rings is 1. The molecule has 1 aromatic carbocycles. The molecule has 1 unspecified atom stereocenters. The number of primary amides is 1. The summed E-state index contributed by atoms with van der Waals surface area (Å²) >= 11 is 0. The molecule has 0 saturated heterocycles. The highest BCUT2D eigenvalue weighted by molar-refractivity contribution is 5.86. The highest BCUT2D eigenvalue weighted by atomic mass is 19.1. The van der Waals surface area contributed by atoms with Gasteiger partial charge in [0.05, 0.1) is 5.69 Å². The minimum atomic E-state index is -0.738. The molecule has 0 aliphatic heterocycles. The van der Waals surface area contributed by atoms with Crippen LogP contribution in [0.25, 0.3) is 0 Å². The summed E-state index contributed by atoms with van der Waals surface area (Å²) in [6.45, 7) is 0.407. The highest BCUT2D eigenvalue weighted by Gasteiger charge is 2.52. The number of hydrogen-bond acceptors (Lipinski definition) is 3. The average molecular weight is 291 g/mol. The Morgan fingerprint density at radius 1 is 1.38 bits per heavy atom. The third-order valence-electron chi connectivity index (χ3n) is 4.50. The van der Waals surface area contributed by atoms with Crippen LogP contribution in [0.2, 0.25) is 0 Å². The zero-order chi connectivity index (χ0) is 15.0. The fourth-order valence-electron chi connectivity index (χ4n) is 3.03. The Hall–Kier alpha value is -1.62. The van der Waals surface area contributed by atoms with Crippen molar-refractivity contribution < 1.29 is 9.18 Å². The normalized spacial score (nSPS) is 20.9. The van der Waals surface area contributed by atoms with Gasteiger partial charge >= 0.3 is 0 Å². The predicted molar refractivity (Wildman–Crippen MR) is 80.5 cm³/mol. The zero-order valence-electron chi connectivity index (χ0n) is 12.3. The van der Waals surface area contributed by atoms with Crippen molar-refractivity contribution >= 4 is 11.6 Å². The van der Waals surface area contributed by atoms with Crippen LogP contribution in [0.3, 0.4) is 0 Å². The highest BCUT2D eigenvalue weighted by Crippen LogP contribution is 2.42. The van der Waals surface area contributed by atoms with Crippen molar-refractivity contribution in [3.05, 3.63) is 30.1 Å². The Labute approximate surface area is 124 Å². The van der Waals surface area contributed by atoms with Crippen molar-refractivity contribution in [2.75, 3.05) is 18.5 Å². The molecule has 2 fully saturated rings. The van der Waals surface area contributed by atoms with Crippen LogP contribution in [0.1, 0.15) is 25.7 Å². The van der Waals surface area contributed by atoms with E-state index in [-0.39, 0.29) is 17.6 Å². The quantitative estimate of drug-likeness (QED) is 0.803. The number of nitrogens with one attached hydrogen (secondary N) is 1. The van der Waals surface area contributed by atoms with Crippen LogP contribution in [0.15, 0.2) is 24.3 Å². The predicted octanol–water partition coefficient (Wildman–Crippen LogP) is 1.65. The van der Waals surface area contributed by atoms with E-state index < -0.39 is 5.54 Å². The summed E-state index contributed by atoms with van der Waals surface area (Å²) in [5, 5.41) is 3.45. The maximum absolute atomic E-state index is 13.9. The zero-order valence-corrected chi connectivity index (χ0v) is 12.3. The molecule has 1 atom stereocenters. The molecular weight excluding hydrogens is 269 g/mol. The lowest BCUT2D eigenvalue weighted by Gasteiger charge is -2.37. The number of amides is 1. The van der Waals surface area contributed by atoms with Gasteiger partial charge in [-0.1, -0.05) is 12.1 Å². The van der Waals surface area contributed by atoms with Crippen LogP contribution in [-0.4, -0.2) is 31.1 Å². The fraction of sp³-hybridized carbons (Fsp3) is 0.562. The van der Waals surface area contributed by atoms with Crippen molar-refractivity contribution in [2.24, 2.45) is 11.7 Å². The first-order valence-electron chi connectivity index (χ1n) is 7.56. The largest absolute Gasteiger partial charge is 0.370 e. The summed E-state index contributed by atoms with van der Waals surface area (Å²) in [7, 11) is 1.81. The number of rotatable bonds is 7. The van der Waals surface area contributed by atoms with Gasteiger partial charge in [-0.05, 0) is 43.7 Å². The molecule has 21 heavy (non-hydrogen) atoms. The minimum Gasteiger partial charge on any atom is -0.370 e. The van der Waals surface area contributed by atoms with Crippen molar-refractivity contribution in [1.82, 2.24) is 5.32 Å². The number of nitrogens with two attached hydrogens (primary N) is 1. The number of halogens is 1. The molecule has 0 heterocycles. The molecule has 4 nitrogen and oxygen atoms in total. The van der Waals surface area contributed by atoms with E-state index in [2.05, 4.69) is 5.32 Å². The van der Waals surface area contributed by atoms with E-state index in [4.69, 9.17) is 5.73 Å². The second kappa shape index (κ2) is 5.30. The topological polar surface area (TPSA) is 58.4 Å². The van der Waals surface area contributed by atoms with Crippen molar-refractivity contribution in [3.8, 4) is 0 Å². The lowest BCUT2D eigenvalue weighted by atomic mass is 9.91. The molecule has 2 aliphatic rings. The molecule has 0 radical (unpaired) electrons. The van der Waals surface area contributed by atoms with E-state index in [9.17, 15) is 9.18 Å². The van der Waals surface area contributed by atoms with Crippen molar-refractivity contribution in [3.63, 3.8) is 0 Å². The van der Waals surface area contributed by atoms with Gasteiger partial charge in [0.1, 0.15) is 11.4 Å². The standard InChI is InChI=1S/C16H22FN3O/c1-20(14-5-3-2-4-13(14)17)10-16(15(18)21,11-6-7-11)19-12-8-9-12/h2-5,11-12,19H,6-10H2,1H3,(H2,18,21). The molecule has 3 rings (SSSR count). The van der Waals surface area contributed by atoms with Gasteiger partial charge in [-0.15, -0.1) is 0 Å². The van der Waals surface area contributed by atoms with Crippen molar-refractivity contribution in [1.29, 1.82) is 0 Å². The van der Waals surface area contributed by atoms with E-state index in [0.717, 1.165) is 25.7 Å². The molecule has 0 aromatic heterocycles. The summed E-state index contributed by atoms with van der Waals surface area (Å²) in [6.07, 6.45) is 4.19. The van der Waals surface area contributed by atoms with Gasteiger partial charge in [0.25, 0.3) is 0 Å². The minimum absolute atomic E-state index is 0.268. The van der Waals surface area contributed by atoms with Gasteiger partial charge in [-0.2, -0.15) is 0 Å². The third kappa shape index (κ3) is 2.88. The summed E-state index contributed by atoms with van der Waals surface area (Å²) in [5.41, 5.74) is 5.49. The summed E-state index contributed by atoms with van der Waals surface area (Å²) < 4.78 is 13.9. The second-order valence-electron chi connectivity index (χ2n) is 6.34. The van der Waals surface area contributed by atoms with Crippen LogP contribution < -0.4 is 16.0 Å². The summed E-state index contributed by atoms with van der Waals surface area (Å²) in [4.78, 5) is 14.0. The number of para-hydroxylation sites is 1. The Morgan fingerprint density at radius 2 is 2.05 bits per heavy atom. The second-order valence-corrected chi connectivity index (χ2v) is 6.34. The maximum Gasteiger partial charge on any atom is 0.239 e. The molecule has 2 saturated carbocycles. The third-order valence-corrected chi connectivity index (χ3v) is 4.50. The van der Waals surface area contributed by atoms with E-state index >= 15 is 0 Å². The van der Waals surface area contributed by atoms with E-state index in [1.165, 1.54) is 6.07 Å². The van der Waals surface area contributed by atoms with Crippen LogP contribution in [0, 0.1) is 11.7 Å². The van der Waals surface area contributed by atoms with Crippen LogP contribution in [0.4, 0.5) is 10.1 Å². The fourth-order valence-corrected chi connectivity index (χ4v) is 3.03. The molecule has 0 bridgehead atoms. The lowest BCUT2D eigenvalue weighted by Crippen LogP contribution is -2.63. The molecule has 0 spiro atoms. The molecule has 1 aromatic rings. The molecule has 3 N–H and O–H groups in total. The summed E-state index contributed by atoms with van der Waals surface area (Å²) in [6, 6.07) is 7.00. The number of likely N-dealkylation sites (N-methyl/N-ethyl adjacent to an activating group) is 1. The number of nitrogens with zero attached hydrogens (tertiary/aromatic N) is 1. The number of hydrogen-bond donors (Lipinski definition) is 2. The van der Waals surface area contributed by atoms with E-state index in [1.807, 2.05) is 7.05 Å².